The highest BCUT2D eigenvalue weighted by molar-refractivity contribution is 5.72. The van der Waals surface area contributed by atoms with Gasteiger partial charge in [-0.05, 0) is 17.7 Å². The van der Waals surface area contributed by atoms with E-state index in [-0.39, 0.29) is 5.91 Å². The van der Waals surface area contributed by atoms with Gasteiger partial charge in [-0.25, -0.2) is 0 Å². The second-order valence-electron chi connectivity index (χ2n) is 3.18. The molecule has 4 nitrogen and oxygen atoms in total. The molecule has 0 spiro atoms. The summed E-state index contributed by atoms with van der Waals surface area (Å²) in [6.07, 6.45) is 0. The minimum Gasteiger partial charge on any atom is -0.492 e. The molecule has 0 aliphatic heterocycles. The quantitative estimate of drug-likeness (QED) is 0.699. The fourth-order valence-corrected chi connectivity index (χ4v) is 1.12. The Labute approximate surface area is 89.4 Å². The molecule has 0 bridgehead atoms. The van der Waals surface area contributed by atoms with Crippen molar-refractivity contribution in [2.75, 3.05) is 13.2 Å². The first-order valence-electron chi connectivity index (χ1n) is 4.88. The summed E-state index contributed by atoms with van der Waals surface area (Å²) >= 11 is 0. The molecule has 0 saturated heterocycles. The number of nitrogens with one attached hydrogen (secondary N) is 1. The van der Waals surface area contributed by atoms with Crippen molar-refractivity contribution < 1.29 is 9.53 Å². The van der Waals surface area contributed by atoms with Gasteiger partial charge >= 0.3 is 0 Å². The summed E-state index contributed by atoms with van der Waals surface area (Å²) in [7, 11) is 0. The van der Waals surface area contributed by atoms with Crippen LogP contribution in [0.4, 0.5) is 0 Å². The fourth-order valence-electron chi connectivity index (χ4n) is 1.12. The van der Waals surface area contributed by atoms with Gasteiger partial charge in [0.25, 0.3) is 0 Å². The molecule has 0 saturated carbocycles. The number of rotatable bonds is 5. The van der Waals surface area contributed by atoms with Crippen molar-refractivity contribution in [2.24, 2.45) is 5.73 Å². The lowest BCUT2D eigenvalue weighted by molar-refractivity contribution is -0.119. The van der Waals surface area contributed by atoms with E-state index >= 15 is 0 Å². The first-order chi connectivity index (χ1) is 7.22. The molecule has 1 aromatic carbocycles. The van der Waals surface area contributed by atoms with Gasteiger partial charge < -0.3 is 15.8 Å². The van der Waals surface area contributed by atoms with Gasteiger partial charge in [-0.15, -0.1) is 0 Å². The predicted molar refractivity (Wildman–Crippen MR) is 58.5 cm³/mol. The monoisotopic (exact) mass is 208 g/mol. The zero-order valence-corrected chi connectivity index (χ0v) is 8.82. The van der Waals surface area contributed by atoms with Crippen molar-refractivity contribution in [3.8, 4) is 5.75 Å². The van der Waals surface area contributed by atoms with Crippen molar-refractivity contribution in [3.63, 3.8) is 0 Å². The summed E-state index contributed by atoms with van der Waals surface area (Å²) in [6.45, 7) is 3.01. The van der Waals surface area contributed by atoms with Crippen LogP contribution >= 0.6 is 0 Å². The largest absolute Gasteiger partial charge is 0.492 e. The highest BCUT2D eigenvalue weighted by Crippen LogP contribution is 2.11. The van der Waals surface area contributed by atoms with E-state index in [1.807, 2.05) is 24.3 Å². The highest BCUT2D eigenvalue weighted by Gasteiger charge is 1.94. The molecule has 0 fully saturated rings. The number of hydrogen-bond donors (Lipinski definition) is 2. The molecule has 0 aliphatic rings. The summed E-state index contributed by atoms with van der Waals surface area (Å²) < 4.78 is 5.40. The van der Waals surface area contributed by atoms with Crippen LogP contribution in [0.1, 0.15) is 12.5 Å². The molecule has 15 heavy (non-hydrogen) atoms. The van der Waals surface area contributed by atoms with Crippen LogP contribution in [0.3, 0.4) is 0 Å². The molecule has 82 valence electrons. The van der Waals surface area contributed by atoms with Crippen LogP contribution in [0.15, 0.2) is 24.3 Å². The van der Waals surface area contributed by atoms with E-state index in [2.05, 4.69) is 5.32 Å². The number of amides is 1. The van der Waals surface area contributed by atoms with Crippen molar-refractivity contribution >= 4 is 5.91 Å². The number of nitrogens with two attached hydrogens (primary N) is 1. The number of benzene rings is 1. The van der Waals surface area contributed by atoms with Crippen LogP contribution in [0.25, 0.3) is 0 Å². The van der Waals surface area contributed by atoms with Crippen molar-refractivity contribution in [1.82, 2.24) is 5.32 Å². The molecular formula is C11H16N2O2. The second-order valence-corrected chi connectivity index (χ2v) is 3.18. The van der Waals surface area contributed by atoms with Crippen molar-refractivity contribution in [2.45, 2.75) is 13.5 Å². The van der Waals surface area contributed by atoms with Gasteiger partial charge in [0.15, 0.2) is 0 Å². The summed E-state index contributed by atoms with van der Waals surface area (Å²) in [5, 5.41) is 2.65. The maximum atomic E-state index is 10.6. The lowest BCUT2D eigenvalue weighted by Crippen LogP contribution is -2.25. The third kappa shape index (κ3) is 4.46. The standard InChI is InChI=1S/C11H16N2O2/c1-9(14)13-6-7-15-11-4-2-10(8-12)3-5-11/h2-5H,6-8,12H2,1H3,(H,13,14). The summed E-state index contributed by atoms with van der Waals surface area (Å²) in [5.41, 5.74) is 6.54. The topological polar surface area (TPSA) is 64.3 Å². The lowest BCUT2D eigenvalue weighted by Gasteiger charge is -2.06. The number of carbonyl (C=O) groups is 1. The van der Waals surface area contributed by atoms with E-state index in [1.165, 1.54) is 6.92 Å². The normalized spacial score (nSPS) is 9.73. The van der Waals surface area contributed by atoms with E-state index in [0.29, 0.717) is 19.7 Å². The number of hydrogen-bond acceptors (Lipinski definition) is 3. The van der Waals surface area contributed by atoms with Gasteiger partial charge in [-0.2, -0.15) is 0 Å². The van der Waals surface area contributed by atoms with Crippen molar-refractivity contribution in [3.05, 3.63) is 29.8 Å². The van der Waals surface area contributed by atoms with Crippen LogP contribution in [0.5, 0.6) is 5.75 Å². The Kier molecular flexibility index (Phi) is 4.63. The zero-order valence-electron chi connectivity index (χ0n) is 8.82. The minimum atomic E-state index is -0.0444. The molecule has 0 aromatic heterocycles. The van der Waals surface area contributed by atoms with E-state index in [9.17, 15) is 4.79 Å². The van der Waals surface area contributed by atoms with Gasteiger partial charge in [0.2, 0.25) is 5.91 Å². The fraction of sp³-hybridized carbons (Fsp3) is 0.364. The Morgan fingerprint density at radius 1 is 1.40 bits per heavy atom. The molecule has 0 aliphatic carbocycles. The molecule has 0 unspecified atom stereocenters. The maximum Gasteiger partial charge on any atom is 0.216 e. The molecular weight excluding hydrogens is 192 g/mol. The van der Waals surface area contributed by atoms with E-state index < -0.39 is 0 Å². The van der Waals surface area contributed by atoms with E-state index in [4.69, 9.17) is 10.5 Å². The average molecular weight is 208 g/mol. The molecule has 1 aromatic rings. The molecule has 1 rings (SSSR count). The van der Waals surface area contributed by atoms with Crippen molar-refractivity contribution in [1.29, 1.82) is 0 Å². The summed E-state index contributed by atoms with van der Waals surface area (Å²) in [6, 6.07) is 7.59. The zero-order chi connectivity index (χ0) is 11.1. The van der Waals surface area contributed by atoms with E-state index in [1.54, 1.807) is 0 Å². The lowest BCUT2D eigenvalue weighted by atomic mass is 10.2. The molecule has 3 N–H and O–H groups in total. The third-order valence-electron chi connectivity index (χ3n) is 1.90. The van der Waals surface area contributed by atoms with Gasteiger partial charge in [0.05, 0.1) is 6.54 Å². The summed E-state index contributed by atoms with van der Waals surface area (Å²) in [4.78, 5) is 10.6. The minimum absolute atomic E-state index is 0.0444. The first kappa shape index (κ1) is 11.5. The molecule has 0 radical (unpaired) electrons. The predicted octanol–water partition coefficient (Wildman–Crippen LogP) is 0.660. The number of ether oxygens (including phenoxy) is 1. The van der Waals surface area contributed by atoms with Crippen LogP contribution in [-0.2, 0) is 11.3 Å². The van der Waals surface area contributed by atoms with E-state index in [0.717, 1.165) is 11.3 Å². The Bertz CT molecular complexity index is 309. The number of carbonyl (C=O) groups excluding carboxylic acids is 1. The van der Waals surface area contributed by atoms with Crippen LogP contribution in [0.2, 0.25) is 0 Å². The van der Waals surface area contributed by atoms with Crippen LogP contribution in [0, 0.1) is 0 Å². The molecule has 0 atom stereocenters. The van der Waals surface area contributed by atoms with Gasteiger partial charge in [-0.3, -0.25) is 4.79 Å². The average Bonchev–Trinajstić information content (AvgIpc) is 2.25. The van der Waals surface area contributed by atoms with Gasteiger partial charge in [0.1, 0.15) is 12.4 Å². The smallest absolute Gasteiger partial charge is 0.216 e. The van der Waals surface area contributed by atoms with Gasteiger partial charge in [0, 0.05) is 13.5 Å². The highest BCUT2D eigenvalue weighted by atomic mass is 16.5. The molecule has 1 amide bonds. The molecule has 0 heterocycles. The Morgan fingerprint density at radius 2 is 2.07 bits per heavy atom. The third-order valence-corrected chi connectivity index (χ3v) is 1.90. The molecule has 4 heteroatoms. The SMILES string of the molecule is CC(=O)NCCOc1ccc(CN)cc1. The first-order valence-corrected chi connectivity index (χ1v) is 4.88. The van der Waals surface area contributed by atoms with Gasteiger partial charge in [-0.1, -0.05) is 12.1 Å². The second kappa shape index (κ2) is 6.03. The maximum absolute atomic E-state index is 10.6. The van der Waals surface area contributed by atoms with Crippen LogP contribution < -0.4 is 15.8 Å². The Balaban J connectivity index is 2.28. The Hall–Kier alpha value is -1.55. The Morgan fingerprint density at radius 3 is 2.60 bits per heavy atom. The summed E-state index contributed by atoms with van der Waals surface area (Å²) in [5.74, 6) is 0.745. The van der Waals surface area contributed by atoms with Crippen LogP contribution in [-0.4, -0.2) is 19.1 Å².